The Kier molecular flexibility index (Phi) is 5.33. The van der Waals surface area contributed by atoms with Crippen molar-refractivity contribution in [3.63, 3.8) is 0 Å². The third-order valence-electron chi connectivity index (χ3n) is 5.64. The summed E-state index contributed by atoms with van der Waals surface area (Å²) in [5, 5.41) is 2.13. The number of amides is 2. The number of aromatic nitrogens is 1. The summed E-state index contributed by atoms with van der Waals surface area (Å²) < 4.78 is 32.0. The highest BCUT2D eigenvalue weighted by Gasteiger charge is 2.33. The van der Waals surface area contributed by atoms with Crippen LogP contribution < -0.4 is 21.5 Å². The van der Waals surface area contributed by atoms with E-state index in [1.54, 1.807) is 6.07 Å². The number of benzene rings is 1. The van der Waals surface area contributed by atoms with E-state index in [4.69, 9.17) is 10.5 Å². The monoisotopic (exact) mass is 460 g/mol. The first kappa shape index (κ1) is 22.0. The number of imide groups is 1. The highest BCUT2D eigenvalue weighted by molar-refractivity contribution is 7.91. The molecule has 10 nitrogen and oxygen atoms in total. The second kappa shape index (κ2) is 7.75. The number of hydrogen-bond donors (Lipinski definition) is 2. The van der Waals surface area contributed by atoms with Gasteiger partial charge in [0, 0.05) is 19.2 Å². The lowest BCUT2D eigenvalue weighted by atomic mass is 10.1. The van der Waals surface area contributed by atoms with E-state index in [9.17, 15) is 22.8 Å². The third kappa shape index (κ3) is 3.56. The van der Waals surface area contributed by atoms with Gasteiger partial charge in [0.2, 0.25) is 0 Å². The molecule has 32 heavy (non-hydrogen) atoms. The van der Waals surface area contributed by atoms with Crippen LogP contribution in [0.2, 0.25) is 0 Å². The van der Waals surface area contributed by atoms with Crippen molar-refractivity contribution in [2.45, 2.75) is 37.9 Å². The lowest BCUT2D eigenvalue weighted by Crippen LogP contribution is -2.46. The number of anilines is 2. The Morgan fingerprint density at radius 1 is 1.06 bits per heavy atom. The molecule has 2 unspecified atom stereocenters. The topological polar surface area (TPSA) is 141 Å². The third-order valence-corrected chi connectivity index (χ3v) is 7.37. The molecule has 1 saturated heterocycles. The van der Waals surface area contributed by atoms with Crippen LogP contribution in [0, 0.1) is 0 Å². The van der Waals surface area contributed by atoms with Gasteiger partial charge in [0.1, 0.15) is 5.82 Å². The first-order valence-electron chi connectivity index (χ1n) is 10.2. The number of nitrogens with two attached hydrogens (primary N) is 1. The smallest absolute Gasteiger partial charge is 0.262 e. The van der Waals surface area contributed by atoms with Crippen LogP contribution in [-0.4, -0.2) is 55.8 Å². The number of nitrogen functional groups attached to an aromatic ring is 1. The molecule has 0 radical (unpaired) electrons. The minimum atomic E-state index is -3.59. The maximum absolute atomic E-state index is 13.0. The quantitative estimate of drug-likeness (QED) is 0.636. The molecule has 1 aromatic heterocycles. The van der Waals surface area contributed by atoms with Gasteiger partial charge in [-0.05, 0) is 32.0 Å². The van der Waals surface area contributed by atoms with Gasteiger partial charge in [-0.2, -0.15) is 0 Å². The van der Waals surface area contributed by atoms with Crippen molar-refractivity contribution >= 4 is 33.2 Å². The highest BCUT2D eigenvalue weighted by atomic mass is 32.2. The van der Waals surface area contributed by atoms with E-state index < -0.39 is 27.2 Å². The van der Waals surface area contributed by atoms with Crippen LogP contribution in [-0.2, 0) is 14.6 Å². The maximum atomic E-state index is 13.0. The lowest BCUT2D eigenvalue weighted by molar-refractivity contribution is -0.00522. The van der Waals surface area contributed by atoms with E-state index in [1.807, 2.05) is 18.7 Å². The van der Waals surface area contributed by atoms with Crippen LogP contribution in [0.3, 0.4) is 0 Å². The summed E-state index contributed by atoms with van der Waals surface area (Å²) in [6.07, 6.45) is -0.189. The fourth-order valence-corrected chi connectivity index (χ4v) is 5.11. The average Bonchev–Trinajstić information content (AvgIpc) is 3.00. The van der Waals surface area contributed by atoms with Gasteiger partial charge in [0.25, 0.3) is 17.4 Å². The lowest BCUT2D eigenvalue weighted by Gasteiger charge is -2.38. The number of ether oxygens (including phenoxy) is 1. The molecule has 1 fully saturated rings. The standard InChI is InChI=1S/C21H24N4O6S/c1-4-32(29,30)13-5-6-15(24-9-11(2)31-12(3)10-24)16(7-13)25-17(26)8-14-18(19(25)22)21(28)23-20(14)27/h5-8,11-12H,4,9-10,22H2,1-3H3,(H,23,27,28). The Hall–Kier alpha value is -3.18. The van der Waals surface area contributed by atoms with Crippen LogP contribution in [0.4, 0.5) is 11.5 Å². The highest BCUT2D eigenvalue weighted by Crippen LogP contribution is 2.32. The van der Waals surface area contributed by atoms with Gasteiger partial charge in [-0.3, -0.25) is 24.3 Å². The Balaban J connectivity index is 2.00. The molecule has 2 atom stereocenters. The first-order chi connectivity index (χ1) is 15.0. The summed E-state index contributed by atoms with van der Waals surface area (Å²) in [4.78, 5) is 39.3. The molecule has 3 N–H and O–H groups in total. The normalized spacial score (nSPS) is 20.9. The minimum absolute atomic E-state index is 0.0282. The van der Waals surface area contributed by atoms with Gasteiger partial charge >= 0.3 is 0 Å². The molecule has 2 aliphatic heterocycles. The summed E-state index contributed by atoms with van der Waals surface area (Å²) in [5.74, 6) is -1.75. The molecule has 0 saturated carbocycles. The molecule has 2 aromatic rings. The molecule has 4 rings (SSSR count). The summed E-state index contributed by atoms with van der Waals surface area (Å²) >= 11 is 0. The summed E-state index contributed by atoms with van der Waals surface area (Å²) in [5.41, 5.74) is 6.17. The van der Waals surface area contributed by atoms with Gasteiger partial charge in [-0.15, -0.1) is 0 Å². The zero-order valence-electron chi connectivity index (χ0n) is 17.9. The predicted molar refractivity (Wildman–Crippen MR) is 118 cm³/mol. The van der Waals surface area contributed by atoms with Crippen LogP contribution in [0.15, 0.2) is 34.0 Å². The van der Waals surface area contributed by atoms with E-state index in [1.165, 1.54) is 19.1 Å². The maximum Gasteiger partial charge on any atom is 0.262 e. The molecule has 0 spiro atoms. The number of morpholine rings is 1. The number of hydrogen-bond acceptors (Lipinski definition) is 8. The average molecular weight is 461 g/mol. The molecule has 2 amide bonds. The van der Waals surface area contributed by atoms with Crippen LogP contribution >= 0.6 is 0 Å². The van der Waals surface area contributed by atoms with E-state index in [0.717, 1.165) is 10.6 Å². The van der Waals surface area contributed by atoms with Crippen molar-refractivity contribution in [1.82, 2.24) is 9.88 Å². The summed E-state index contributed by atoms with van der Waals surface area (Å²) in [6, 6.07) is 5.55. The summed E-state index contributed by atoms with van der Waals surface area (Å²) in [6.45, 7) is 6.39. The van der Waals surface area contributed by atoms with E-state index in [-0.39, 0.29) is 45.5 Å². The van der Waals surface area contributed by atoms with Gasteiger partial charge in [0.15, 0.2) is 9.84 Å². The van der Waals surface area contributed by atoms with Gasteiger partial charge < -0.3 is 15.4 Å². The zero-order chi connectivity index (χ0) is 23.4. The molecular formula is C21H24N4O6S. The van der Waals surface area contributed by atoms with Crippen molar-refractivity contribution in [2.75, 3.05) is 29.5 Å². The Morgan fingerprint density at radius 2 is 1.72 bits per heavy atom. The molecule has 0 aliphatic carbocycles. The number of pyridine rings is 1. The second-order valence-electron chi connectivity index (χ2n) is 7.99. The molecule has 0 bridgehead atoms. The first-order valence-corrected chi connectivity index (χ1v) is 11.9. The molecule has 1 aromatic carbocycles. The number of nitrogens with zero attached hydrogens (tertiary/aromatic N) is 2. The Labute approximate surface area is 184 Å². The predicted octanol–water partition coefficient (Wildman–Crippen LogP) is 0.711. The zero-order valence-corrected chi connectivity index (χ0v) is 18.7. The molecule has 11 heteroatoms. The van der Waals surface area contributed by atoms with Crippen LogP contribution in [0.25, 0.3) is 5.69 Å². The van der Waals surface area contributed by atoms with Crippen LogP contribution in [0.1, 0.15) is 41.5 Å². The molecule has 2 aliphatic rings. The molecular weight excluding hydrogens is 436 g/mol. The Morgan fingerprint density at radius 3 is 2.34 bits per heavy atom. The van der Waals surface area contributed by atoms with Crippen molar-refractivity contribution in [3.8, 4) is 5.69 Å². The Bertz CT molecular complexity index is 1290. The van der Waals surface area contributed by atoms with E-state index in [2.05, 4.69) is 5.32 Å². The molecule has 3 heterocycles. The fourth-order valence-electron chi connectivity index (χ4n) is 4.21. The fraction of sp³-hybridized carbons (Fsp3) is 0.381. The van der Waals surface area contributed by atoms with E-state index in [0.29, 0.717) is 18.8 Å². The number of carbonyl (C=O) groups excluding carboxylic acids is 2. The second-order valence-corrected chi connectivity index (χ2v) is 10.3. The number of sulfone groups is 1. The summed E-state index contributed by atoms with van der Waals surface area (Å²) in [7, 11) is -3.59. The van der Waals surface area contributed by atoms with Crippen LogP contribution in [0.5, 0.6) is 0 Å². The number of fused-ring (bicyclic) bond motifs is 1. The van der Waals surface area contributed by atoms with Crippen molar-refractivity contribution in [3.05, 3.63) is 45.7 Å². The molecule has 170 valence electrons. The SMILES string of the molecule is CCS(=O)(=O)c1ccc(N2CC(C)OC(C)C2)c(-n2c(N)c3c(cc2=O)C(=O)NC3=O)c1. The van der Waals surface area contributed by atoms with Crippen molar-refractivity contribution in [2.24, 2.45) is 0 Å². The van der Waals surface area contributed by atoms with Gasteiger partial charge in [-0.1, -0.05) is 6.92 Å². The van der Waals surface area contributed by atoms with Gasteiger partial charge in [-0.25, -0.2) is 8.42 Å². The van der Waals surface area contributed by atoms with Crippen molar-refractivity contribution in [1.29, 1.82) is 0 Å². The van der Waals surface area contributed by atoms with Crippen molar-refractivity contribution < 1.29 is 22.7 Å². The van der Waals surface area contributed by atoms with E-state index >= 15 is 0 Å². The number of rotatable bonds is 4. The number of nitrogens with one attached hydrogen (secondary N) is 1. The van der Waals surface area contributed by atoms with Gasteiger partial charge in [0.05, 0.1) is 45.4 Å². The minimum Gasteiger partial charge on any atom is -0.384 e. The number of carbonyl (C=O) groups is 2. The largest absolute Gasteiger partial charge is 0.384 e.